The molecular formula is C26H27N5O3S. The van der Waals surface area contributed by atoms with E-state index in [0.717, 1.165) is 16.8 Å². The highest BCUT2D eigenvalue weighted by molar-refractivity contribution is 7.99. The highest BCUT2D eigenvalue weighted by Gasteiger charge is 2.19. The number of benzene rings is 2. The zero-order chi connectivity index (χ0) is 24.6. The third kappa shape index (κ3) is 5.81. The fourth-order valence-electron chi connectivity index (χ4n) is 3.54. The highest BCUT2D eigenvalue weighted by Crippen LogP contribution is 2.31. The molecule has 2 heterocycles. The Bertz CT molecular complexity index is 1290. The topological polar surface area (TPSA) is 91.2 Å². The van der Waals surface area contributed by atoms with Crippen LogP contribution in [0, 0.1) is 6.92 Å². The predicted molar refractivity (Wildman–Crippen MR) is 137 cm³/mol. The van der Waals surface area contributed by atoms with Crippen LogP contribution in [0.25, 0.3) is 17.1 Å². The van der Waals surface area contributed by atoms with Gasteiger partial charge in [0, 0.05) is 24.0 Å². The van der Waals surface area contributed by atoms with Crippen molar-refractivity contribution >= 4 is 23.4 Å². The van der Waals surface area contributed by atoms with E-state index in [0.29, 0.717) is 41.4 Å². The lowest BCUT2D eigenvalue weighted by Crippen LogP contribution is -2.15. The van der Waals surface area contributed by atoms with Gasteiger partial charge in [0.15, 0.2) is 11.0 Å². The van der Waals surface area contributed by atoms with Crippen LogP contribution in [0.5, 0.6) is 11.5 Å². The number of hydrogen-bond acceptors (Lipinski definition) is 7. The van der Waals surface area contributed by atoms with E-state index in [9.17, 15) is 4.79 Å². The number of carbonyl (C=O) groups is 1. The standard InChI is InChI=1S/C26H27N5O3S/c1-4-33-20-12-13-23(34-5-2)21(15-20)28-24(32)17-35-26-30-29-25(19-10-8-14-27-16-19)31(26)22-11-7-6-9-18(22)3/h6-16H,4-5,17H2,1-3H3,(H,28,32). The summed E-state index contributed by atoms with van der Waals surface area (Å²) in [6, 6.07) is 17.2. The molecule has 8 nitrogen and oxygen atoms in total. The first-order valence-corrected chi connectivity index (χ1v) is 12.3. The molecule has 180 valence electrons. The first kappa shape index (κ1) is 24.3. The number of ether oxygens (including phenoxy) is 2. The molecule has 0 aliphatic rings. The van der Waals surface area contributed by atoms with Crippen molar-refractivity contribution in [1.29, 1.82) is 0 Å². The molecule has 9 heteroatoms. The van der Waals surface area contributed by atoms with Crippen molar-refractivity contribution in [1.82, 2.24) is 19.7 Å². The molecule has 0 aliphatic heterocycles. The summed E-state index contributed by atoms with van der Waals surface area (Å²) in [6.45, 7) is 6.86. The van der Waals surface area contributed by atoms with Crippen LogP contribution in [0.2, 0.25) is 0 Å². The van der Waals surface area contributed by atoms with Crippen LogP contribution in [0.3, 0.4) is 0 Å². The van der Waals surface area contributed by atoms with Gasteiger partial charge in [0.05, 0.1) is 30.3 Å². The number of carbonyl (C=O) groups excluding carboxylic acids is 1. The largest absolute Gasteiger partial charge is 0.494 e. The van der Waals surface area contributed by atoms with Crippen molar-refractivity contribution in [3.63, 3.8) is 0 Å². The van der Waals surface area contributed by atoms with E-state index in [1.54, 1.807) is 24.5 Å². The van der Waals surface area contributed by atoms with E-state index in [1.165, 1.54) is 11.8 Å². The monoisotopic (exact) mass is 489 g/mol. The molecular weight excluding hydrogens is 462 g/mol. The van der Waals surface area contributed by atoms with Gasteiger partial charge in [0.2, 0.25) is 5.91 Å². The minimum atomic E-state index is -0.188. The molecule has 1 amide bonds. The number of nitrogens with zero attached hydrogens (tertiary/aromatic N) is 4. The number of amides is 1. The van der Waals surface area contributed by atoms with Crippen molar-refractivity contribution in [3.05, 3.63) is 72.6 Å². The first-order chi connectivity index (χ1) is 17.1. The molecule has 35 heavy (non-hydrogen) atoms. The summed E-state index contributed by atoms with van der Waals surface area (Å²) in [5.41, 5.74) is 3.42. The Morgan fingerprint density at radius 1 is 1.03 bits per heavy atom. The van der Waals surface area contributed by atoms with E-state index in [2.05, 4.69) is 20.5 Å². The van der Waals surface area contributed by atoms with Gasteiger partial charge in [0.25, 0.3) is 0 Å². The Morgan fingerprint density at radius 3 is 2.60 bits per heavy atom. The fraction of sp³-hybridized carbons (Fsp3) is 0.231. The van der Waals surface area contributed by atoms with Gasteiger partial charge < -0.3 is 14.8 Å². The molecule has 4 rings (SSSR count). The lowest BCUT2D eigenvalue weighted by molar-refractivity contribution is -0.113. The Kier molecular flexibility index (Phi) is 7.99. The van der Waals surface area contributed by atoms with Crippen molar-refractivity contribution in [2.24, 2.45) is 0 Å². The molecule has 2 aromatic heterocycles. The first-order valence-electron chi connectivity index (χ1n) is 11.3. The smallest absolute Gasteiger partial charge is 0.234 e. The molecule has 0 fully saturated rings. The predicted octanol–water partition coefficient (Wildman–Crippen LogP) is 5.17. The van der Waals surface area contributed by atoms with Crippen molar-refractivity contribution < 1.29 is 14.3 Å². The molecule has 0 spiro atoms. The molecule has 0 aliphatic carbocycles. The maximum atomic E-state index is 12.9. The quantitative estimate of drug-likeness (QED) is 0.308. The number of nitrogens with one attached hydrogen (secondary N) is 1. The number of rotatable bonds is 10. The molecule has 0 saturated heterocycles. The van der Waals surface area contributed by atoms with Gasteiger partial charge in [-0.25, -0.2) is 0 Å². The number of aromatic nitrogens is 4. The van der Waals surface area contributed by atoms with Crippen molar-refractivity contribution in [3.8, 4) is 28.6 Å². The summed E-state index contributed by atoms with van der Waals surface area (Å²) in [5, 5.41) is 12.4. The van der Waals surface area contributed by atoms with Gasteiger partial charge >= 0.3 is 0 Å². The number of thioether (sulfide) groups is 1. The second kappa shape index (κ2) is 11.5. The van der Waals surface area contributed by atoms with Gasteiger partial charge in [-0.1, -0.05) is 30.0 Å². The summed E-state index contributed by atoms with van der Waals surface area (Å²) < 4.78 is 13.2. The maximum Gasteiger partial charge on any atom is 0.234 e. The zero-order valence-electron chi connectivity index (χ0n) is 19.9. The van der Waals surface area contributed by atoms with Gasteiger partial charge in [-0.05, 0) is 56.7 Å². The average molecular weight is 490 g/mol. The average Bonchev–Trinajstić information content (AvgIpc) is 3.29. The second-order valence-corrected chi connectivity index (χ2v) is 8.47. The number of anilines is 1. The van der Waals surface area contributed by atoms with Crippen molar-refractivity contribution in [2.45, 2.75) is 25.9 Å². The van der Waals surface area contributed by atoms with Crippen LogP contribution in [-0.4, -0.2) is 44.6 Å². The van der Waals surface area contributed by atoms with E-state index < -0.39 is 0 Å². The summed E-state index contributed by atoms with van der Waals surface area (Å²) in [7, 11) is 0. The maximum absolute atomic E-state index is 12.9. The van der Waals surface area contributed by atoms with E-state index in [1.807, 2.05) is 67.8 Å². The number of pyridine rings is 1. The Hall–Kier alpha value is -3.85. The van der Waals surface area contributed by atoms with Crippen LogP contribution in [0.4, 0.5) is 5.69 Å². The van der Waals surface area contributed by atoms with Gasteiger partial charge in [0.1, 0.15) is 11.5 Å². The lowest BCUT2D eigenvalue weighted by Gasteiger charge is -2.14. The van der Waals surface area contributed by atoms with E-state index in [-0.39, 0.29) is 11.7 Å². The molecule has 0 unspecified atom stereocenters. The molecule has 0 atom stereocenters. The molecule has 0 bridgehead atoms. The summed E-state index contributed by atoms with van der Waals surface area (Å²) in [6.07, 6.45) is 3.47. The molecule has 0 radical (unpaired) electrons. The zero-order valence-corrected chi connectivity index (χ0v) is 20.7. The minimum Gasteiger partial charge on any atom is -0.494 e. The molecule has 4 aromatic rings. The summed E-state index contributed by atoms with van der Waals surface area (Å²) in [5.74, 6) is 1.88. The molecule has 0 saturated carbocycles. The highest BCUT2D eigenvalue weighted by atomic mass is 32.2. The number of hydrogen-bond donors (Lipinski definition) is 1. The Labute approximate surface area is 208 Å². The normalized spacial score (nSPS) is 10.7. The number of aryl methyl sites for hydroxylation is 1. The van der Waals surface area contributed by atoms with Gasteiger partial charge in [-0.15, -0.1) is 10.2 Å². The molecule has 1 N–H and O–H groups in total. The second-order valence-electron chi connectivity index (χ2n) is 7.53. The Balaban J connectivity index is 1.58. The summed E-state index contributed by atoms with van der Waals surface area (Å²) >= 11 is 1.31. The van der Waals surface area contributed by atoms with Crippen LogP contribution in [0.1, 0.15) is 19.4 Å². The minimum absolute atomic E-state index is 0.140. The Morgan fingerprint density at radius 2 is 1.86 bits per heavy atom. The fourth-order valence-corrected chi connectivity index (χ4v) is 4.28. The van der Waals surface area contributed by atoms with Crippen LogP contribution >= 0.6 is 11.8 Å². The lowest BCUT2D eigenvalue weighted by atomic mass is 10.2. The van der Waals surface area contributed by atoms with Gasteiger partial charge in [-0.2, -0.15) is 0 Å². The third-order valence-electron chi connectivity index (χ3n) is 5.08. The van der Waals surface area contributed by atoms with Gasteiger partial charge in [-0.3, -0.25) is 14.3 Å². The van der Waals surface area contributed by atoms with Crippen LogP contribution in [0.15, 0.2) is 72.1 Å². The van der Waals surface area contributed by atoms with E-state index >= 15 is 0 Å². The SMILES string of the molecule is CCOc1ccc(OCC)c(NC(=O)CSc2nnc(-c3cccnc3)n2-c2ccccc2C)c1. The molecule has 2 aromatic carbocycles. The van der Waals surface area contributed by atoms with Crippen LogP contribution < -0.4 is 14.8 Å². The van der Waals surface area contributed by atoms with Crippen LogP contribution in [-0.2, 0) is 4.79 Å². The van der Waals surface area contributed by atoms with E-state index in [4.69, 9.17) is 9.47 Å². The third-order valence-corrected chi connectivity index (χ3v) is 6.01. The van der Waals surface area contributed by atoms with Crippen molar-refractivity contribution in [2.75, 3.05) is 24.3 Å². The number of para-hydroxylation sites is 1. The summed E-state index contributed by atoms with van der Waals surface area (Å²) in [4.78, 5) is 17.1.